The van der Waals surface area contributed by atoms with Gasteiger partial charge in [0.1, 0.15) is 0 Å². The molecule has 7 aromatic rings. The maximum Gasteiger partial charge on any atom is 0.0245 e. The van der Waals surface area contributed by atoms with Gasteiger partial charge in [-0.25, -0.2) is 0 Å². The van der Waals surface area contributed by atoms with Crippen molar-refractivity contribution in [3.8, 4) is 33.6 Å². The smallest absolute Gasteiger partial charge is 0.0245 e. The zero-order valence-corrected chi connectivity index (χ0v) is 33.1. The van der Waals surface area contributed by atoms with E-state index in [-0.39, 0.29) is 20.1 Å². The zero-order chi connectivity index (χ0) is 32.2. The molecule has 0 unspecified atom stereocenters. The van der Waals surface area contributed by atoms with Crippen LogP contribution in [-0.4, -0.2) is 23.2 Å². The molecule has 1 radical (unpaired) electrons. The van der Waals surface area contributed by atoms with Crippen molar-refractivity contribution in [3.63, 3.8) is 0 Å². The van der Waals surface area contributed by atoms with E-state index in [1.807, 2.05) is 48.0 Å². The Morgan fingerprint density at radius 3 is 2.23 bits per heavy atom. The van der Waals surface area contributed by atoms with Gasteiger partial charge in [-0.1, -0.05) is 78.7 Å². The normalized spacial score (nSPS) is 13.5. The first-order chi connectivity index (χ1) is 22.9. The summed E-state index contributed by atoms with van der Waals surface area (Å²) >= 11 is 0.146. The molecule has 0 bridgehead atoms. The van der Waals surface area contributed by atoms with Crippen LogP contribution in [0, 0.1) is 12.1 Å². The average Bonchev–Trinajstić information content (AvgIpc) is 3.51. The summed E-state index contributed by atoms with van der Waals surface area (Å²) in [4.78, 5) is 9.30. The van der Waals surface area contributed by atoms with Gasteiger partial charge in [0.2, 0.25) is 0 Å². The summed E-state index contributed by atoms with van der Waals surface area (Å²) in [5.41, 5.74) is 8.24. The van der Waals surface area contributed by atoms with Gasteiger partial charge in [-0.05, 0) is 57.8 Å². The van der Waals surface area contributed by atoms with Crippen LogP contribution in [0.3, 0.4) is 0 Å². The fourth-order valence-corrected chi connectivity index (χ4v) is 9.98. The summed E-state index contributed by atoms with van der Waals surface area (Å²) in [5.74, 6) is 7.83. The van der Waals surface area contributed by atoms with Crippen molar-refractivity contribution < 1.29 is 20.1 Å². The predicted octanol–water partition coefficient (Wildman–Crippen LogP) is 11.7. The van der Waals surface area contributed by atoms with Gasteiger partial charge in [-0.3, -0.25) is 0 Å². The van der Waals surface area contributed by atoms with Crippen molar-refractivity contribution in [3.05, 3.63) is 139 Å². The third-order valence-electron chi connectivity index (χ3n) is 9.27. The molecule has 1 aliphatic carbocycles. The van der Waals surface area contributed by atoms with Crippen molar-refractivity contribution in [1.29, 1.82) is 0 Å². The average molecular weight is 882 g/mol. The van der Waals surface area contributed by atoms with E-state index in [0.717, 1.165) is 22.5 Å². The molecule has 3 heterocycles. The molecule has 0 saturated heterocycles. The van der Waals surface area contributed by atoms with E-state index in [4.69, 9.17) is 4.98 Å². The maximum absolute atomic E-state index is 4.77. The Morgan fingerprint density at radius 2 is 1.50 bits per heavy atom. The topological polar surface area (TPSA) is 25.8 Å². The number of fused-ring (bicyclic) bond motifs is 3. The molecule has 0 atom stereocenters. The summed E-state index contributed by atoms with van der Waals surface area (Å²) in [7, 11) is 0. The van der Waals surface area contributed by atoms with Gasteiger partial charge < -0.3 is 4.98 Å². The molecule has 1 saturated carbocycles. The first-order valence-corrected chi connectivity index (χ1v) is 24.9. The van der Waals surface area contributed by atoms with E-state index < -0.39 is 13.3 Å². The van der Waals surface area contributed by atoms with Crippen molar-refractivity contribution in [1.82, 2.24) is 9.97 Å². The second kappa shape index (κ2) is 15.4. The van der Waals surface area contributed by atoms with Crippen LogP contribution in [-0.2, 0) is 20.1 Å². The van der Waals surface area contributed by atoms with Crippen LogP contribution in [0.2, 0.25) is 17.3 Å². The molecule has 8 rings (SSSR count). The van der Waals surface area contributed by atoms with E-state index in [9.17, 15) is 0 Å². The molecule has 1 fully saturated rings. The Morgan fingerprint density at radius 1 is 0.688 bits per heavy atom. The number of pyridine rings is 2. The van der Waals surface area contributed by atoms with Crippen molar-refractivity contribution >= 4 is 49.2 Å². The summed E-state index contributed by atoms with van der Waals surface area (Å²) in [5, 5.41) is 2.62. The van der Waals surface area contributed by atoms with Crippen molar-refractivity contribution in [2.45, 2.75) is 55.3 Å². The van der Waals surface area contributed by atoms with E-state index in [1.54, 1.807) is 0 Å². The second-order valence-electron chi connectivity index (χ2n) is 13.5. The van der Waals surface area contributed by atoms with Crippen molar-refractivity contribution in [2.24, 2.45) is 0 Å². The van der Waals surface area contributed by atoms with E-state index >= 15 is 0 Å². The monoisotopic (exact) mass is 883 g/mol. The predicted molar refractivity (Wildman–Crippen MR) is 204 cm³/mol. The standard InChI is InChI=1S/C29H24NS.C14H16GeN.Ir/c1-3-8-20(9-4-1)22-14-15-24-25-12-7-13-26(29(25)31-28(24)19-22)27-18-23(16-17-30-27)21-10-5-2-6-11-21;1-15(2,3)13-9-10-14(16-11-13)12-7-5-4-6-8-12;/h1,3-4,7-9,12,14-19,21H,2,5-6,10-11H2;4-7,9-11H,1-3H3;/q2*-1;. The van der Waals surface area contributed by atoms with E-state index in [2.05, 4.69) is 119 Å². The molecule has 1 aliphatic rings. The van der Waals surface area contributed by atoms with Crippen LogP contribution >= 0.6 is 11.3 Å². The third kappa shape index (κ3) is 7.74. The molecule has 3 aromatic heterocycles. The first-order valence-electron chi connectivity index (χ1n) is 16.8. The fraction of sp³-hybridized carbons (Fsp3) is 0.209. The van der Waals surface area contributed by atoms with Crippen molar-refractivity contribution in [2.75, 3.05) is 0 Å². The summed E-state index contributed by atoms with van der Waals surface area (Å²) in [6.45, 7) is 0. The van der Waals surface area contributed by atoms with Gasteiger partial charge in [0.15, 0.2) is 0 Å². The number of benzene rings is 4. The number of rotatable bonds is 5. The van der Waals surface area contributed by atoms with E-state index in [1.165, 1.54) is 73.4 Å². The number of hydrogen-bond donors (Lipinski definition) is 0. The Balaban J connectivity index is 0.000000201. The molecule has 0 aliphatic heterocycles. The number of aromatic nitrogens is 2. The molecule has 243 valence electrons. The van der Waals surface area contributed by atoms with Gasteiger partial charge in [0.25, 0.3) is 0 Å². The second-order valence-corrected chi connectivity index (χ2v) is 25.2. The number of hydrogen-bond acceptors (Lipinski definition) is 3. The molecule has 5 heteroatoms. The SMILES string of the molecule is [CH3][Ge]([CH3])([CH3])[c]1ccc(-c2[c-]cccc2)nc1.[Ir].[c-]1ccc2c(sc3cc(-c4ccccc4)ccc32)c1-c1cc(C2CCCCC2)ccn1. The van der Waals surface area contributed by atoms with Gasteiger partial charge in [-0.15, -0.1) is 23.8 Å². The molecule has 4 aromatic carbocycles. The quantitative estimate of drug-likeness (QED) is 0.127. The Bertz CT molecular complexity index is 2100. The Labute approximate surface area is 305 Å². The number of nitrogens with zero attached hydrogens (tertiary/aromatic N) is 2. The molecule has 2 nitrogen and oxygen atoms in total. The zero-order valence-electron chi connectivity index (χ0n) is 27.8. The first kappa shape index (κ1) is 34.5. The van der Waals surface area contributed by atoms with Crippen LogP contribution in [0.15, 0.2) is 122 Å². The minimum absolute atomic E-state index is 0. The van der Waals surface area contributed by atoms with Gasteiger partial charge in [-0.2, -0.15) is 11.3 Å². The summed E-state index contributed by atoms with van der Waals surface area (Å²) in [6, 6.07) is 45.2. The third-order valence-corrected chi connectivity index (χ3v) is 14.7. The maximum atomic E-state index is 4.77. The minimum atomic E-state index is -1.72. The molecule has 48 heavy (non-hydrogen) atoms. The van der Waals surface area contributed by atoms with Crippen LogP contribution in [0.1, 0.15) is 43.6 Å². The Hall–Kier alpha value is -3.41. The summed E-state index contributed by atoms with van der Waals surface area (Å²) < 4.78 is 4.05. The molecular formula is C43H40GeIrN2S-2. The summed E-state index contributed by atoms with van der Waals surface area (Å²) in [6.07, 6.45) is 10.7. The molecule has 0 spiro atoms. The molecular weight excluding hydrogens is 841 g/mol. The molecule has 0 N–H and O–H groups in total. The van der Waals surface area contributed by atoms with E-state index in [0.29, 0.717) is 5.92 Å². The van der Waals surface area contributed by atoms with Crippen LogP contribution in [0.25, 0.3) is 53.8 Å². The molecule has 0 amide bonds. The largest absolute Gasteiger partial charge is 0.305 e. The van der Waals surface area contributed by atoms with Gasteiger partial charge >= 0.3 is 99.8 Å². The number of thiophene rings is 1. The van der Waals surface area contributed by atoms with Crippen LogP contribution in [0.5, 0.6) is 0 Å². The van der Waals surface area contributed by atoms with Gasteiger partial charge in [0.05, 0.1) is 0 Å². The van der Waals surface area contributed by atoms with Crippen LogP contribution in [0.4, 0.5) is 0 Å². The van der Waals surface area contributed by atoms with Gasteiger partial charge in [0, 0.05) is 31.0 Å². The van der Waals surface area contributed by atoms with Crippen LogP contribution < -0.4 is 4.40 Å². The Kier molecular flexibility index (Phi) is 11.1. The minimum Gasteiger partial charge on any atom is -0.305 e. The fourth-order valence-electron chi connectivity index (χ4n) is 6.56.